The van der Waals surface area contributed by atoms with E-state index in [-0.39, 0.29) is 18.5 Å². The molecule has 0 radical (unpaired) electrons. The lowest BCUT2D eigenvalue weighted by Crippen LogP contribution is -2.23. The van der Waals surface area contributed by atoms with Gasteiger partial charge in [-0.1, -0.05) is 19.1 Å². The Morgan fingerprint density at radius 3 is 2.70 bits per heavy atom. The Kier molecular flexibility index (Phi) is 10.5. The fraction of sp³-hybridized carbons (Fsp3) is 0.619. The second kappa shape index (κ2) is 12.9. The van der Waals surface area contributed by atoms with Crippen LogP contribution in [0.3, 0.4) is 0 Å². The minimum atomic E-state index is -0.425. The van der Waals surface area contributed by atoms with Crippen molar-refractivity contribution in [3.05, 3.63) is 29.8 Å². The van der Waals surface area contributed by atoms with E-state index in [1.165, 1.54) is 12.0 Å². The number of esters is 1. The molecule has 1 aromatic carbocycles. The standard InChI is InChI=1S/C21H30O5S/c1-2-5-18(22)16-20(23)24-14-15-27-19-9-7-17(8-10-19)11-13-26-21-6-3-4-12-25-21/h7-10,21H,2-6,11-16H2,1H3. The zero-order valence-corrected chi connectivity index (χ0v) is 16.9. The van der Waals surface area contributed by atoms with Crippen LogP contribution in [0.25, 0.3) is 0 Å². The van der Waals surface area contributed by atoms with Gasteiger partial charge in [0.05, 0.1) is 6.61 Å². The predicted molar refractivity (Wildman–Crippen MR) is 106 cm³/mol. The third kappa shape index (κ3) is 9.40. The van der Waals surface area contributed by atoms with Crippen LogP contribution in [0.15, 0.2) is 29.2 Å². The molecular weight excluding hydrogens is 364 g/mol. The molecule has 6 heteroatoms. The summed E-state index contributed by atoms with van der Waals surface area (Å²) in [5.74, 6) is 0.200. The van der Waals surface area contributed by atoms with Crippen LogP contribution in [-0.4, -0.2) is 43.6 Å². The van der Waals surface area contributed by atoms with Gasteiger partial charge in [0.15, 0.2) is 6.29 Å². The van der Waals surface area contributed by atoms with Crippen molar-refractivity contribution >= 4 is 23.5 Å². The molecule has 27 heavy (non-hydrogen) atoms. The van der Waals surface area contributed by atoms with E-state index in [9.17, 15) is 9.59 Å². The van der Waals surface area contributed by atoms with Gasteiger partial charge in [0.1, 0.15) is 18.8 Å². The minimum Gasteiger partial charge on any atom is -0.464 e. The summed E-state index contributed by atoms with van der Waals surface area (Å²) in [5, 5.41) is 0. The Morgan fingerprint density at radius 1 is 1.19 bits per heavy atom. The van der Waals surface area contributed by atoms with Crippen LogP contribution >= 0.6 is 11.8 Å². The maximum atomic E-state index is 11.5. The summed E-state index contributed by atoms with van der Waals surface area (Å²) < 4.78 is 16.4. The van der Waals surface area contributed by atoms with Crippen molar-refractivity contribution in [3.63, 3.8) is 0 Å². The number of carbonyl (C=O) groups is 2. The van der Waals surface area contributed by atoms with Gasteiger partial charge in [-0.25, -0.2) is 0 Å². The van der Waals surface area contributed by atoms with Crippen LogP contribution in [0.2, 0.25) is 0 Å². The van der Waals surface area contributed by atoms with Gasteiger partial charge in [-0.05, 0) is 49.8 Å². The van der Waals surface area contributed by atoms with E-state index in [1.807, 2.05) is 6.92 Å². The lowest BCUT2D eigenvalue weighted by Gasteiger charge is -2.22. The number of carbonyl (C=O) groups excluding carboxylic acids is 2. The summed E-state index contributed by atoms with van der Waals surface area (Å²) in [7, 11) is 0. The van der Waals surface area contributed by atoms with Crippen molar-refractivity contribution in [2.24, 2.45) is 0 Å². The number of Topliss-reactive ketones (excluding diaryl/α,β-unsaturated/α-hetero) is 1. The molecule has 1 unspecified atom stereocenters. The van der Waals surface area contributed by atoms with Gasteiger partial charge in [-0.2, -0.15) is 0 Å². The van der Waals surface area contributed by atoms with Crippen molar-refractivity contribution in [1.29, 1.82) is 0 Å². The predicted octanol–water partition coefficient (Wildman–Crippen LogP) is 4.17. The molecule has 0 amide bonds. The number of thioether (sulfide) groups is 1. The topological polar surface area (TPSA) is 61.8 Å². The number of benzene rings is 1. The molecule has 0 bridgehead atoms. The quantitative estimate of drug-likeness (QED) is 0.229. The normalized spacial score (nSPS) is 16.9. The molecule has 1 atom stereocenters. The first-order valence-corrected chi connectivity index (χ1v) is 10.8. The van der Waals surface area contributed by atoms with E-state index in [0.29, 0.717) is 25.4 Å². The molecule has 150 valence electrons. The molecule has 1 fully saturated rings. The first kappa shape index (κ1) is 21.9. The average molecular weight is 395 g/mol. The molecule has 0 spiro atoms. The first-order chi connectivity index (χ1) is 13.2. The molecule has 5 nitrogen and oxygen atoms in total. The molecule has 2 rings (SSSR count). The first-order valence-electron chi connectivity index (χ1n) is 9.79. The fourth-order valence-corrected chi connectivity index (χ4v) is 3.53. The lowest BCUT2D eigenvalue weighted by atomic mass is 10.1. The Morgan fingerprint density at radius 2 is 2.00 bits per heavy atom. The van der Waals surface area contributed by atoms with Crippen molar-refractivity contribution in [2.75, 3.05) is 25.6 Å². The van der Waals surface area contributed by atoms with Crippen molar-refractivity contribution < 1.29 is 23.8 Å². The summed E-state index contributed by atoms with van der Waals surface area (Å²) in [4.78, 5) is 24.0. The maximum absolute atomic E-state index is 11.5. The zero-order valence-electron chi connectivity index (χ0n) is 16.1. The molecule has 0 N–H and O–H groups in total. The van der Waals surface area contributed by atoms with Crippen LogP contribution in [0, 0.1) is 0 Å². The Balaban J connectivity index is 1.57. The largest absolute Gasteiger partial charge is 0.464 e. The van der Waals surface area contributed by atoms with E-state index in [1.54, 1.807) is 11.8 Å². The van der Waals surface area contributed by atoms with Crippen LogP contribution in [-0.2, 0) is 30.2 Å². The Bertz CT molecular complexity index is 566. The molecule has 1 heterocycles. The number of hydrogen-bond acceptors (Lipinski definition) is 6. The fourth-order valence-electron chi connectivity index (χ4n) is 2.80. The number of hydrogen-bond donors (Lipinski definition) is 0. The molecule has 1 aliphatic heterocycles. The van der Waals surface area contributed by atoms with E-state index in [4.69, 9.17) is 14.2 Å². The number of rotatable bonds is 12. The summed E-state index contributed by atoms with van der Waals surface area (Å²) in [6, 6.07) is 8.35. The molecule has 0 aliphatic carbocycles. The van der Waals surface area contributed by atoms with Gasteiger partial charge in [-0.3, -0.25) is 9.59 Å². The highest BCUT2D eigenvalue weighted by Crippen LogP contribution is 2.19. The van der Waals surface area contributed by atoms with Crippen LogP contribution in [0.4, 0.5) is 0 Å². The highest BCUT2D eigenvalue weighted by Gasteiger charge is 2.13. The molecule has 0 saturated carbocycles. The molecule has 1 aliphatic rings. The second-order valence-corrected chi connectivity index (χ2v) is 7.76. The summed E-state index contributed by atoms with van der Waals surface area (Å²) in [6.07, 6.45) is 5.24. The zero-order chi connectivity index (χ0) is 19.3. The third-order valence-electron chi connectivity index (χ3n) is 4.24. The van der Waals surface area contributed by atoms with E-state index < -0.39 is 5.97 Å². The molecule has 1 saturated heterocycles. The number of ether oxygens (including phenoxy) is 3. The van der Waals surface area contributed by atoms with Crippen molar-refractivity contribution in [2.45, 2.75) is 63.1 Å². The van der Waals surface area contributed by atoms with E-state index in [2.05, 4.69) is 24.3 Å². The Hall–Kier alpha value is -1.37. The number of ketones is 1. The highest BCUT2D eigenvalue weighted by molar-refractivity contribution is 7.99. The monoisotopic (exact) mass is 394 g/mol. The van der Waals surface area contributed by atoms with Gasteiger partial charge in [0.2, 0.25) is 0 Å². The minimum absolute atomic E-state index is 0.0337. The van der Waals surface area contributed by atoms with Gasteiger partial charge in [0, 0.05) is 23.7 Å². The highest BCUT2D eigenvalue weighted by atomic mass is 32.2. The van der Waals surface area contributed by atoms with E-state index >= 15 is 0 Å². The molecular formula is C21H30O5S. The van der Waals surface area contributed by atoms with Crippen molar-refractivity contribution in [3.8, 4) is 0 Å². The average Bonchev–Trinajstić information content (AvgIpc) is 2.67. The van der Waals surface area contributed by atoms with E-state index in [0.717, 1.165) is 37.2 Å². The van der Waals surface area contributed by atoms with Crippen molar-refractivity contribution in [1.82, 2.24) is 0 Å². The summed E-state index contributed by atoms with van der Waals surface area (Å²) in [5.41, 5.74) is 1.23. The molecule has 0 aromatic heterocycles. The maximum Gasteiger partial charge on any atom is 0.313 e. The third-order valence-corrected chi connectivity index (χ3v) is 5.22. The Labute approximate surface area is 166 Å². The van der Waals surface area contributed by atoms with Crippen LogP contribution in [0.1, 0.15) is 51.0 Å². The molecule has 1 aromatic rings. The van der Waals surface area contributed by atoms with Gasteiger partial charge >= 0.3 is 5.97 Å². The van der Waals surface area contributed by atoms with Gasteiger partial charge in [0.25, 0.3) is 0 Å². The second-order valence-electron chi connectivity index (χ2n) is 6.60. The summed E-state index contributed by atoms with van der Waals surface area (Å²) in [6.45, 7) is 3.72. The van der Waals surface area contributed by atoms with Crippen LogP contribution in [0.5, 0.6) is 0 Å². The summed E-state index contributed by atoms with van der Waals surface area (Å²) >= 11 is 1.63. The van der Waals surface area contributed by atoms with Crippen LogP contribution < -0.4 is 0 Å². The lowest BCUT2D eigenvalue weighted by molar-refractivity contribution is -0.161. The SMILES string of the molecule is CCCC(=O)CC(=O)OCCSc1ccc(CCOC2CCCCO2)cc1. The van der Waals surface area contributed by atoms with Gasteiger partial charge in [-0.15, -0.1) is 11.8 Å². The van der Waals surface area contributed by atoms with Gasteiger partial charge < -0.3 is 14.2 Å². The smallest absolute Gasteiger partial charge is 0.313 e.